The van der Waals surface area contributed by atoms with Crippen molar-refractivity contribution in [3.8, 4) is 10.4 Å². The second-order valence-corrected chi connectivity index (χ2v) is 10.8. The van der Waals surface area contributed by atoms with Gasteiger partial charge in [0, 0.05) is 35.4 Å². The first kappa shape index (κ1) is 29.2. The van der Waals surface area contributed by atoms with E-state index in [1.54, 1.807) is 4.90 Å². The van der Waals surface area contributed by atoms with Gasteiger partial charge in [-0.15, -0.1) is 11.3 Å². The van der Waals surface area contributed by atoms with Gasteiger partial charge in [0.05, 0.1) is 4.88 Å². The van der Waals surface area contributed by atoms with Crippen molar-refractivity contribution in [3.05, 3.63) is 28.5 Å². The Morgan fingerprint density at radius 1 is 1.08 bits per heavy atom. The van der Waals surface area contributed by atoms with E-state index in [2.05, 4.69) is 15.3 Å². The third-order valence-corrected chi connectivity index (χ3v) is 8.37. The molecule has 0 spiro atoms. The number of thiazole rings is 1. The Morgan fingerprint density at radius 2 is 1.69 bits per heavy atom. The van der Waals surface area contributed by atoms with Crippen molar-refractivity contribution in [2.75, 3.05) is 11.9 Å². The van der Waals surface area contributed by atoms with Gasteiger partial charge < -0.3 is 15.5 Å². The lowest BCUT2D eigenvalue weighted by Crippen LogP contribution is -2.36. The lowest BCUT2D eigenvalue weighted by molar-refractivity contribution is -0.115. The first-order valence-electron chi connectivity index (χ1n) is 13.3. The third kappa shape index (κ3) is 6.50. The molecular formula is C26H32F5N5O2S. The van der Waals surface area contributed by atoms with Gasteiger partial charge in [-0.05, 0) is 44.6 Å². The molecule has 2 aromatic heterocycles. The van der Waals surface area contributed by atoms with Crippen molar-refractivity contribution in [1.82, 2.24) is 20.2 Å². The summed E-state index contributed by atoms with van der Waals surface area (Å²) >= 11 is 0.825. The molecule has 1 saturated carbocycles. The molecule has 2 aromatic rings. The van der Waals surface area contributed by atoms with Crippen LogP contribution in [0.25, 0.3) is 10.4 Å². The van der Waals surface area contributed by atoms with E-state index in [-0.39, 0.29) is 45.1 Å². The molecular weight excluding hydrogens is 541 g/mol. The molecule has 13 heteroatoms. The molecule has 2 saturated heterocycles. The lowest BCUT2D eigenvalue weighted by Gasteiger charge is -2.22. The molecule has 0 aromatic carbocycles. The van der Waals surface area contributed by atoms with Crippen LogP contribution in [0.2, 0.25) is 0 Å². The van der Waals surface area contributed by atoms with E-state index in [1.807, 2.05) is 19.2 Å². The van der Waals surface area contributed by atoms with Gasteiger partial charge in [0.25, 0.3) is 18.2 Å². The molecule has 0 radical (unpaired) electrons. The van der Waals surface area contributed by atoms with E-state index in [4.69, 9.17) is 0 Å². The highest BCUT2D eigenvalue weighted by Crippen LogP contribution is 2.42. The van der Waals surface area contributed by atoms with Crippen LogP contribution in [0.4, 0.5) is 27.8 Å². The standard InChI is InChI=1S/C24H26F5N5O2S.C2H6/c25-20(26)15-9-17(31-11-24(27,28)29)30-10-16(15)19-18(23(36)34-13-5-6-14(34)8-7-13)33-22(37-19)21(35)32-12-3-1-2-4-12;1-2/h9-10,12-14,20H,1-8,11H2,(H,30,31)(H,32,35);1-2H3. The van der Waals surface area contributed by atoms with Crippen LogP contribution >= 0.6 is 11.3 Å². The summed E-state index contributed by atoms with van der Waals surface area (Å²) < 4.78 is 66.0. The van der Waals surface area contributed by atoms with Gasteiger partial charge in [-0.3, -0.25) is 9.59 Å². The number of nitrogens with one attached hydrogen (secondary N) is 2. The maximum atomic E-state index is 14.1. The zero-order valence-electron chi connectivity index (χ0n) is 21.8. The average Bonchev–Trinajstić information content (AvgIpc) is 3.72. The quantitative estimate of drug-likeness (QED) is 0.366. The number of carbonyl (C=O) groups is 2. The van der Waals surface area contributed by atoms with E-state index in [1.165, 1.54) is 0 Å². The van der Waals surface area contributed by atoms with Crippen LogP contribution in [0.1, 0.15) is 97.5 Å². The smallest absolute Gasteiger partial charge is 0.361 e. The van der Waals surface area contributed by atoms with Crippen molar-refractivity contribution < 1.29 is 31.5 Å². The fourth-order valence-electron chi connectivity index (χ4n) is 5.56. The molecule has 2 amide bonds. The van der Waals surface area contributed by atoms with Crippen molar-refractivity contribution in [2.24, 2.45) is 0 Å². The van der Waals surface area contributed by atoms with Gasteiger partial charge in [-0.25, -0.2) is 18.7 Å². The van der Waals surface area contributed by atoms with Gasteiger partial charge >= 0.3 is 6.18 Å². The number of aromatic nitrogens is 2. The molecule has 2 aliphatic heterocycles. The number of rotatable bonds is 7. The topological polar surface area (TPSA) is 87.2 Å². The van der Waals surface area contributed by atoms with Crippen LogP contribution in [0.5, 0.6) is 0 Å². The summed E-state index contributed by atoms with van der Waals surface area (Å²) in [6.45, 7) is 2.57. The van der Waals surface area contributed by atoms with Crippen molar-refractivity contribution in [1.29, 1.82) is 0 Å². The van der Waals surface area contributed by atoms with E-state index < -0.39 is 36.5 Å². The maximum absolute atomic E-state index is 14.1. The molecule has 3 fully saturated rings. The number of alkyl halides is 5. The summed E-state index contributed by atoms with van der Waals surface area (Å²) in [4.78, 5) is 36.6. The molecule has 5 rings (SSSR count). The number of carbonyl (C=O) groups excluding carboxylic acids is 2. The summed E-state index contributed by atoms with van der Waals surface area (Å²) in [5.74, 6) is -1.27. The first-order valence-corrected chi connectivity index (χ1v) is 14.2. The number of hydrogen-bond acceptors (Lipinski definition) is 6. The number of amides is 2. The van der Waals surface area contributed by atoms with Crippen LogP contribution in [0, 0.1) is 0 Å². The number of fused-ring (bicyclic) bond motifs is 2. The zero-order valence-corrected chi connectivity index (χ0v) is 22.6. The molecule has 1 aliphatic carbocycles. The highest BCUT2D eigenvalue weighted by molar-refractivity contribution is 7.17. The van der Waals surface area contributed by atoms with Crippen LogP contribution in [-0.2, 0) is 0 Å². The third-order valence-electron chi connectivity index (χ3n) is 7.29. The highest BCUT2D eigenvalue weighted by Gasteiger charge is 2.44. The fraction of sp³-hybridized carbons (Fsp3) is 0.615. The summed E-state index contributed by atoms with van der Waals surface area (Å²) in [6.07, 6.45) is 0.471. The Labute approximate surface area is 227 Å². The number of halogens is 5. The lowest BCUT2D eigenvalue weighted by atomic mass is 10.0. The molecule has 2 bridgehead atoms. The van der Waals surface area contributed by atoms with Crippen molar-refractivity contribution in [2.45, 2.75) is 95.9 Å². The fourth-order valence-corrected chi connectivity index (χ4v) is 6.55. The molecule has 2 N–H and O–H groups in total. The largest absolute Gasteiger partial charge is 0.405 e. The highest BCUT2D eigenvalue weighted by atomic mass is 32.1. The number of pyridine rings is 1. The van der Waals surface area contributed by atoms with Gasteiger partial charge in [0.15, 0.2) is 5.01 Å². The van der Waals surface area contributed by atoms with Crippen LogP contribution in [-0.4, -0.2) is 57.5 Å². The Bertz CT molecular complexity index is 1160. The normalized spacial score (nSPS) is 20.8. The van der Waals surface area contributed by atoms with Gasteiger partial charge in [-0.2, -0.15) is 13.2 Å². The monoisotopic (exact) mass is 573 g/mol. The van der Waals surface area contributed by atoms with Gasteiger partial charge in [0.2, 0.25) is 0 Å². The molecule has 214 valence electrons. The second-order valence-electron chi connectivity index (χ2n) is 9.75. The Hall–Kier alpha value is -2.83. The van der Waals surface area contributed by atoms with Crippen LogP contribution < -0.4 is 10.6 Å². The van der Waals surface area contributed by atoms with Gasteiger partial charge in [-0.1, -0.05) is 26.7 Å². The Balaban J connectivity index is 0.00000172. The molecule has 39 heavy (non-hydrogen) atoms. The minimum atomic E-state index is -4.56. The summed E-state index contributed by atoms with van der Waals surface area (Å²) in [7, 11) is 0. The van der Waals surface area contributed by atoms with Crippen molar-refractivity contribution >= 4 is 29.0 Å². The average molecular weight is 574 g/mol. The minimum absolute atomic E-state index is 0.00860. The molecule has 3 aliphatic rings. The molecule has 0 atom stereocenters. The predicted molar refractivity (Wildman–Crippen MR) is 138 cm³/mol. The minimum Gasteiger partial charge on any atom is -0.361 e. The Kier molecular flexibility index (Phi) is 9.07. The van der Waals surface area contributed by atoms with Gasteiger partial charge in [0.1, 0.15) is 18.1 Å². The van der Waals surface area contributed by atoms with E-state index >= 15 is 0 Å². The number of anilines is 1. The molecule has 4 heterocycles. The van der Waals surface area contributed by atoms with Crippen molar-refractivity contribution in [3.63, 3.8) is 0 Å². The molecule has 7 nitrogen and oxygen atoms in total. The van der Waals surface area contributed by atoms with Crippen LogP contribution in [0.3, 0.4) is 0 Å². The SMILES string of the molecule is CC.O=C(NC1CCCC1)c1nc(C(=O)N2C3CCC2CC3)c(-c2cnc(NCC(F)(F)F)cc2C(F)F)s1. The van der Waals surface area contributed by atoms with Crippen LogP contribution in [0.15, 0.2) is 12.3 Å². The van der Waals surface area contributed by atoms with E-state index in [9.17, 15) is 31.5 Å². The first-order chi connectivity index (χ1) is 18.6. The Morgan fingerprint density at radius 3 is 2.26 bits per heavy atom. The number of nitrogens with zero attached hydrogens (tertiary/aromatic N) is 3. The summed E-state index contributed by atoms with van der Waals surface area (Å²) in [5, 5.41) is 4.89. The second kappa shape index (κ2) is 12.1. The summed E-state index contributed by atoms with van der Waals surface area (Å²) in [6, 6.07) is 0.928. The zero-order chi connectivity index (χ0) is 28.3. The molecule has 0 unspecified atom stereocenters. The number of hydrogen-bond donors (Lipinski definition) is 2. The predicted octanol–water partition coefficient (Wildman–Crippen LogP) is 6.58. The van der Waals surface area contributed by atoms with E-state index in [0.29, 0.717) is 0 Å². The maximum Gasteiger partial charge on any atom is 0.405 e. The van der Waals surface area contributed by atoms with E-state index in [0.717, 1.165) is 75.0 Å². The summed E-state index contributed by atoms with van der Waals surface area (Å²) in [5.41, 5.74) is -0.815.